The van der Waals surface area contributed by atoms with Crippen molar-refractivity contribution in [1.29, 1.82) is 0 Å². The van der Waals surface area contributed by atoms with Crippen molar-refractivity contribution in [2.75, 3.05) is 19.6 Å². The van der Waals surface area contributed by atoms with Gasteiger partial charge in [-0.2, -0.15) is 0 Å². The van der Waals surface area contributed by atoms with E-state index in [1.807, 2.05) is 36.5 Å². The smallest absolute Gasteiger partial charge is 0.119 e. The number of aromatic nitrogens is 1. The van der Waals surface area contributed by atoms with Crippen molar-refractivity contribution in [1.82, 2.24) is 9.88 Å². The van der Waals surface area contributed by atoms with Crippen LogP contribution in [0.15, 0.2) is 48.7 Å². The molecule has 0 atom stereocenters. The van der Waals surface area contributed by atoms with E-state index >= 15 is 0 Å². The lowest BCUT2D eigenvalue weighted by Gasteiger charge is -2.32. The van der Waals surface area contributed by atoms with Crippen LogP contribution in [0.4, 0.5) is 0 Å². The summed E-state index contributed by atoms with van der Waals surface area (Å²) in [6, 6.07) is 13.7. The van der Waals surface area contributed by atoms with E-state index in [1.54, 1.807) is 0 Å². The molecule has 0 amide bonds. The van der Waals surface area contributed by atoms with E-state index in [1.165, 1.54) is 5.69 Å². The fourth-order valence-corrected chi connectivity index (χ4v) is 2.90. The molecule has 1 saturated heterocycles. The van der Waals surface area contributed by atoms with Crippen LogP contribution in [0.3, 0.4) is 0 Å². The maximum absolute atomic E-state index is 6.02. The van der Waals surface area contributed by atoms with Crippen LogP contribution < -0.4 is 4.74 Å². The molecule has 1 fully saturated rings. The number of likely N-dealkylation sites (tertiary alicyclic amines) is 1. The number of rotatable bonds is 5. The van der Waals surface area contributed by atoms with Crippen molar-refractivity contribution < 1.29 is 4.74 Å². The van der Waals surface area contributed by atoms with Crippen LogP contribution in [0, 0.1) is 0 Å². The predicted molar refractivity (Wildman–Crippen MR) is 89.5 cm³/mol. The highest BCUT2D eigenvalue weighted by molar-refractivity contribution is 6.30. The Morgan fingerprint density at radius 1 is 1.09 bits per heavy atom. The van der Waals surface area contributed by atoms with Gasteiger partial charge in [-0.1, -0.05) is 17.7 Å². The van der Waals surface area contributed by atoms with Crippen molar-refractivity contribution in [2.24, 2.45) is 0 Å². The van der Waals surface area contributed by atoms with E-state index in [0.717, 1.165) is 49.7 Å². The first kappa shape index (κ1) is 15.3. The van der Waals surface area contributed by atoms with Gasteiger partial charge in [0.2, 0.25) is 0 Å². The number of piperidine rings is 1. The normalized spacial score (nSPS) is 16.6. The van der Waals surface area contributed by atoms with Gasteiger partial charge in [-0.05, 0) is 49.2 Å². The minimum atomic E-state index is 0.312. The Morgan fingerprint density at radius 3 is 2.55 bits per heavy atom. The van der Waals surface area contributed by atoms with E-state index in [2.05, 4.69) is 22.0 Å². The first-order chi connectivity index (χ1) is 10.8. The van der Waals surface area contributed by atoms with E-state index in [4.69, 9.17) is 16.3 Å². The van der Waals surface area contributed by atoms with Crippen molar-refractivity contribution in [3.05, 3.63) is 59.4 Å². The number of nitrogens with zero attached hydrogens (tertiary/aromatic N) is 2. The van der Waals surface area contributed by atoms with Gasteiger partial charge >= 0.3 is 0 Å². The molecule has 0 unspecified atom stereocenters. The molecule has 0 saturated carbocycles. The molecule has 0 aliphatic carbocycles. The van der Waals surface area contributed by atoms with Gasteiger partial charge in [-0.3, -0.25) is 4.98 Å². The molecule has 0 N–H and O–H groups in total. The number of benzene rings is 1. The zero-order chi connectivity index (χ0) is 15.2. The zero-order valence-electron chi connectivity index (χ0n) is 12.6. The summed E-state index contributed by atoms with van der Waals surface area (Å²) in [7, 11) is 0. The fraction of sp³-hybridized carbons (Fsp3) is 0.389. The molecule has 22 heavy (non-hydrogen) atoms. The molecular weight excluding hydrogens is 296 g/mol. The van der Waals surface area contributed by atoms with E-state index in [9.17, 15) is 0 Å². The van der Waals surface area contributed by atoms with Crippen LogP contribution >= 0.6 is 11.6 Å². The third kappa shape index (κ3) is 4.46. The highest BCUT2D eigenvalue weighted by Crippen LogP contribution is 2.21. The summed E-state index contributed by atoms with van der Waals surface area (Å²) in [6.07, 6.45) is 5.34. The second kappa shape index (κ2) is 7.61. The summed E-state index contributed by atoms with van der Waals surface area (Å²) in [4.78, 5) is 6.88. The lowest BCUT2D eigenvalue weighted by molar-refractivity contribution is 0.101. The van der Waals surface area contributed by atoms with Gasteiger partial charge < -0.3 is 9.64 Å². The Hall–Kier alpha value is -1.58. The molecule has 1 aliphatic heterocycles. The Kier molecular flexibility index (Phi) is 5.30. The van der Waals surface area contributed by atoms with Gasteiger partial charge in [0.1, 0.15) is 11.9 Å². The number of halogens is 1. The number of hydrogen-bond donors (Lipinski definition) is 0. The zero-order valence-corrected chi connectivity index (χ0v) is 13.4. The van der Waals surface area contributed by atoms with Gasteiger partial charge in [0, 0.05) is 43.0 Å². The molecule has 116 valence electrons. The monoisotopic (exact) mass is 316 g/mol. The lowest BCUT2D eigenvalue weighted by Crippen LogP contribution is -2.39. The van der Waals surface area contributed by atoms with Gasteiger partial charge in [0.25, 0.3) is 0 Å². The van der Waals surface area contributed by atoms with Crippen molar-refractivity contribution in [2.45, 2.75) is 25.4 Å². The maximum Gasteiger partial charge on any atom is 0.119 e. The average molecular weight is 317 g/mol. The van der Waals surface area contributed by atoms with E-state index < -0.39 is 0 Å². The third-order valence-electron chi connectivity index (χ3n) is 4.06. The summed E-state index contributed by atoms with van der Waals surface area (Å²) in [5.74, 6) is 0.913. The molecule has 0 radical (unpaired) electrons. The largest absolute Gasteiger partial charge is 0.490 e. The molecule has 2 aromatic rings. The molecular formula is C18H21ClN2O. The lowest BCUT2D eigenvalue weighted by atomic mass is 10.1. The third-order valence-corrected chi connectivity index (χ3v) is 4.31. The fourth-order valence-electron chi connectivity index (χ4n) is 2.78. The van der Waals surface area contributed by atoms with Crippen LogP contribution in [-0.2, 0) is 6.42 Å². The first-order valence-electron chi connectivity index (χ1n) is 7.84. The highest BCUT2D eigenvalue weighted by Gasteiger charge is 2.20. The number of ether oxygens (including phenoxy) is 1. The van der Waals surface area contributed by atoms with Gasteiger partial charge in [0.15, 0.2) is 0 Å². The Morgan fingerprint density at radius 2 is 1.86 bits per heavy atom. The highest BCUT2D eigenvalue weighted by atomic mass is 35.5. The topological polar surface area (TPSA) is 25.4 Å². The van der Waals surface area contributed by atoms with Crippen molar-refractivity contribution in [3.63, 3.8) is 0 Å². The molecule has 2 heterocycles. The molecule has 1 aromatic heterocycles. The molecule has 3 nitrogen and oxygen atoms in total. The minimum absolute atomic E-state index is 0.312. The molecule has 1 aliphatic rings. The van der Waals surface area contributed by atoms with Crippen LogP contribution in [-0.4, -0.2) is 35.6 Å². The predicted octanol–water partition coefficient (Wildman–Crippen LogP) is 3.82. The van der Waals surface area contributed by atoms with Crippen LogP contribution in [0.1, 0.15) is 18.5 Å². The molecule has 1 aromatic carbocycles. The maximum atomic E-state index is 6.02. The standard InChI is InChI=1S/C18H21ClN2O/c19-15-4-6-17(7-5-15)22-18-9-13-21(14-10-18)12-8-16-3-1-2-11-20-16/h1-7,11,18H,8-10,12-14H2. The van der Waals surface area contributed by atoms with E-state index in [0.29, 0.717) is 6.10 Å². The first-order valence-corrected chi connectivity index (χ1v) is 8.22. The van der Waals surface area contributed by atoms with Crippen LogP contribution in [0.25, 0.3) is 0 Å². The Labute approximate surface area is 136 Å². The van der Waals surface area contributed by atoms with Crippen LogP contribution in [0.5, 0.6) is 5.75 Å². The molecule has 0 spiro atoms. The van der Waals surface area contributed by atoms with Crippen LogP contribution in [0.2, 0.25) is 5.02 Å². The van der Waals surface area contributed by atoms with Crippen molar-refractivity contribution in [3.8, 4) is 5.75 Å². The van der Waals surface area contributed by atoms with Gasteiger partial charge in [-0.25, -0.2) is 0 Å². The Bertz CT molecular complexity index is 565. The number of pyridine rings is 1. The Balaban J connectivity index is 1.41. The molecule has 4 heteroatoms. The van der Waals surface area contributed by atoms with Crippen molar-refractivity contribution >= 4 is 11.6 Å². The second-order valence-corrected chi connectivity index (χ2v) is 6.12. The number of hydrogen-bond acceptors (Lipinski definition) is 3. The van der Waals surface area contributed by atoms with Gasteiger partial charge in [-0.15, -0.1) is 0 Å². The molecule has 3 rings (SSSR count). The summed E-state index contributed by atoms with van der Waals surface area (Å²) >= 11 is 5.89. The van der Waals surface area contributed by atoms with Gasteiger partial charge in [0.05, 0.1) is 0 Å². The summed E-state index contributed by atoms with van der Waals surface area (Å²) in [5, 5.41) is 0.747. The SMILES string of the molecule is Clc1ccc(OC2CCN(CCc3ccccn3)CC2)cc1. The molecule has 0 bridgehead atoms. The average Bonchev–Trinajstić information content (AvgIpc) is 2.57. The summed E-state index contributed by atoms with van der Waals surface area (Å²) in [6.45, 7) is 3.25. The van der Waals surface area contributed by atoms with E-state index in [-0.39, 0.29) is 0 Å². The quantitative estimate of drug-likeness (QED) is 0.838. The summed E-state index contributed by atoms with van der Waals surface area (Å²) in [5.41, 5.74) is 1.17. The second-order valence-electron chi connectivity index (χ2n) is 5.68. The summed E-state index contributed by atoms with van der Waals surface area (Å²) < 4.78 is 6.02. The minimum Gasteiger partial charge on any atom is -0.490 e.